The zero-order valence-corrected chi connectivity index (χ0v) is 20.1. The number of benzene rings is 3. The molecule has 0 bridgehead atoms. The van der Waals surface area contributed by atoms with Crippen molar-refractivity contribution in [3.8, 4) is 28.6 Å². The molecule has 0 aliphatic carbocycles. The van der Waals surface area contributed by atoms with Gasteiger partial charge < -0.3 is 23.9 Å². The second-order valence-electron chi connectivity index (χ2n) is 8.04. The number of rotatable bonds is 8. The average Bonchev–Trinajstić information content (AvgIpc) is 2.86. The Bertz CT molecular complexity index is 1410. The molecule has 0 fully saturated rings. The largest absolute Gasteiger partial charge is 0.497 e. The fraction of sp³-hybridized carbons (Fsp3) is 0.214. The average molecular weight is 474 g/mol. The van der Waals surface area contributed by atoms with Gasteiger partial charge in [-0.1, -0.05) is 0 Å². The summed E-state index contributed by atoms with van der Waals surface area (Å²) in [6, 6.07) is 17.7. The third-order valence-corrected chi connectivity index (χ3v) is 5.61. The zero-order valence-electron chi connectivity index (χ0n) is 20.1. The van der Waals surface area contributed by atoms with Crippen LogP contribution in [0.5, 0.6) is 17.2 Å². The highest BCUT2D eigenvalue weighted by Gasteiger charge is 2.20. The van der Waals surface area contributed by atoms with Gasteiger partial charge in [-0.25, -0.2) is 0 Å². The Morgan fingerprint density at radius 3 is 2.23 bits per heavy atom. The molecule has 1 N–H and O–H groups in total. The number of anilines is 1. The smallest absolute Gasteiger partial charge is 0.262 e. The lowest BCUT2D eigenvalue weighted by Crippen LogP contribution is -2.22. The third-order valence-electron chi connectivity index (χ3n) is 5.61. The molecule has 0 atom stereocenters. The Morgan fingerprint density at radius 2 is 1.57 bits per heavy atom. The van der Waals surface area contributed by atoms with Gasteiger partial charge in [0, 0.05) is 11.3 Å². The molecule has 4 aromatic rings. The van der Waals surface area contributed by atoms with Crippen LogP contribution in [0.3, 0.4) is 0 Å². The van der Waals surface area contributed by atoms with Crippen LogP contribution in [0.25, 0.3) is 22.3 Å². The van der Waals surface area contributed by atoms with Crippen molar-refractivity contribution < 1.29 is 23.4 Å². The van der Waals surface area contributed by atoms with Crippen LogP contribution in [0, 0.1) is 13.8 Å². The Labute approximate surface area is 203 Å². The molecule has 4 rings (SSSR count). The van der Waals surface area contributed by atoms with E-state index in [1.807, 2.05) is 26.8 Å². The predicted octanol–water partition coefficient (Wildman–Crippen LogP) is 5.50. The van der Waals surface area contributed by atoms with Crippen LogP contribution in [0.1, 0.15) is 18.1 Å². The topological polar surface area (TPSA) is 87.0 Å². The first-order valence-electron chi connectivity index (χ1n) is 11.3. The number of carbonyl (C=O) groups excluding carboxylic acids is 1. The summed E-state index contributed by atoms with van der Waals surface area (Å²) in [4.78, 5) is 26.0. The Balaban J connectivity index is 1.65. The number of hydrogen-bond acceptors (Lipinski definition) is 6. The zero-order chi connectivity index (χ0) is 24.9. The molecule has 7 nitrogen and oxygen atoms in total. The van der Waals surface area contributed by atoms with Gasteiger partial charge in [0.05, 0.1) is 19.1 Å². The molecule has 0 spiro atoms. The van der Waals surface area contributed by atoms with Gasteiger partial charge in [-0.05, 0) is 92.6 Å². The van der Waals surface area contributed by atoms with Crippen LogP contribution in [-0.2, 0) is 4.79 Å². The molecule has 0 radical (unpaired) electrons. The molecule has 180 valence electrons. The lowest BCUT2D eigenvalue weighted by Gasteiger charge is -2.13. The van der Waals surface area contributed by atoms with E-state index >= 15 is 0 Å². The summed E-state index contributed by atoms with van der Waals surface area (Å²) in [5, 5.41) is 3.16. The lowest BCUT2D eigenvalue weighted by atomic mass is 10.0. The summed E-state index contributed by atoms with van der Waals surface area (Å²) in [5.41, 5.74) is 3.30. The van der Waals surface area contributed by atoms with Gasteiger partial charge in [0.15, 0.2) is 12.4 Å². The fourth-order valence-electron chi connectivity index (χ4n) is 3.63. The summed E-state index contributed by atoms with van der Waals surface area (Å²) in [6.07, 6.45) is 0. The van der Waals surface area contributed by atoms with E-state index in [4.69, 9.17) is 18.6 Å². The van der Waals surface area contributed by atoms with E-state index in [2.05, 4.69) is 5.32 Å². The van der Waals surface area contributed by atoms with Gasteiger partial charge in [0.1, 0.15) is 17.1 Å². The number of amides is 1. The second kappa shape index (κ2) is 10.3. The maximum atomic E-state index is 13.4. The van der Waals surface area contributed by atoms with E-state index < -0.39 is 5.91 Å². The van der Waals surface area contributed by atoms with Crippen LogP contribution >= 0.6 is 0 Å². The summed E-state index contributed by atoms with van der Waals surface area (Å²) < 4.78 is 22.6. The molecule has 0 unspecified atom stereocenters. The third kappa shape index (κ3) is 5.30. The Morgan fingerprint density at radius 1 is 0.914 bits per heavy atom. The summed E-state index contributed by atoms with van der Waals surface area (Å²) in [6.45, 7) is 5.98. The molecule has 1 aromatic heterocycles. The van der Waals surface area contributed by atoms with Gasteiger partial charge in [-0.15, -0.1) is 0 Å². The standard InChI is InChI=1S/C28H27NO6/c1-5-33-22-12-8-20(9-13-22)29-25(30)16-34-28-26(31)23-14-17(2)18(3)15-24(23)35-27(28)19-6-10-21(32-4)11-7-19/h6-15H,5,16H2,1-4H3,(H,29,30). The minimum atomic E-state index is -0.408. The van der Waals surface area contributed by atoms with E-state index in [9.17, 15) is 9.59 Å². The number of fused-ring (bicyclic) bond motifs is 1. The minimum Gasteiger partial charge on any atom is -0.497 e. The van der Waals surface area contributed by atoms with Crippen LogP contribution in [0.15, 0.2) is 69.9 Å². The molecule has 0 aliphatic heterocycles. The highest BCUT2D eigenvalue weighted by molar-refractivity contribution is 5.92. The first-order chi connectivity index (χ1) is 16.9. The van der Waals surface area contributed by atoms with Gasteiger partial charge in [0.2, 0.25) is 11.2 Å². The molecule has 7 heteroatoms. The predicted molar refractivity (Wildman–Crippen MR) is 136 cm³/mol. The Kier molecular flexibility index (Phi) is 7.06. The van der Waals surface area contributed by atoms with Crippen molar-refractivity contribution in [1.82, 2.24) is 0 Å². The first-order valence-corrected chi connectivity index (χ1v) is 11.3. The quantitative estimate of drug-likeness (QED) is 0.364. The normalized spacial score (nSPS) is 10.7. The van der Waals surface area contributed by atoms with E-state index in [0.29, 0.717) is 40.3 Å². The summed E-state index contributed by atoms with van der Waals surface area (Å²) in [7, 11) is 1.58. The van der Waals surface area contributed by atoms with Crippen molar-refractivity contribution >= 4 is 22.6 Å². The van der Waals surface area contributed by atoms with Crippen molar-refractivity contribution in [1.29, 1.82) is 0 Å². The molecule has 0 aliphatic rings. The summed E-state index contributed by atoms with van der Waals surface area (Å²) in [5.74, 6) is 1.20. The minimum absolute atomic E-state index is 0.0206. The highest BCUT2D eigenvalue weighted by atomic mass is 16.5. The number of aryl methyl sites for hydroxylation is 2. The van der Waals surface area contributed by atoms with Gasteiger partial charge in [0.25, 0.3) is 5.91 Å². The van der Waals surface area contributed by atoms with E-state index in [0.717, 1.165) is 11.1 Å². The first kappa shape index (κ1) is 23.9. The molecular formula is C28H27NO6. The molecular weight excluding hydrogens is 446 g/mol. The maximum absolute atomic E-state index is 13.4. The van der Waals surface area contributed by atoms with Crippen LogP contribution in [-0.4, -0.2) is 26.2 Å². The van der Waals surface area contributed by atoms with Crippen LogP contribution < -0.4 is 25.0 Å². The molecule has 1 heterocycles. The fourth-order valence-corrected chi connectivity index (χ4v) is 3.63. The van der Waals surface area contributed by atoms with Crippen molar-refractivity contribution in [2.45, 2.75) is 20.8 Å². The maximum Gasteiger partial charge on any atom is 0.262 e. The van der Waals surface area contributed by atoms with Crippen molar-refractivity contribution in [3.63, 3.8) is 0 Å². The number of methoxy groups -OCH3 is 1. The van der Waals surface area contributed by atoms with Gasteiger partial charge in [-0.2, -0.15) is 0 Å². The summed E-state index contributed by atoms with van der Waals surface area (Å²) >= 11 is 0. The monoisotopic (exact) mass is 473 g/mol. The van der Waals surface area contributed by atoms with Gasteiger partial charge in [-0.3, -0.25) is 9.59 Å². The molecule has 3 aromatic carbocycles. The lowest BCUT2D eigenvalue weighted by molar-refractivity contribution is -0.118. The molecule has 0 saturated heterocycles. The van der Waals surface area contributed by atoms with E-state index in [1.165, 1.54) is 0 Å². The van der Waals surface area contributed by atoms with Crippen molar-refractivity contribution in [2.24, 2.45) is 0 Å². The molecule has 0 saturated carbocycles. The Hall–Kier alpha value is -4.26. The second-order valence-corrected chi connectivity index (χ2v) is 8.04. The SMILES string of the molecule is CCOc1ccc(NC(=O)COc2c(-c3ccc(OC)cc3)oc3cc(C)c(C)cc3c2=O)cc1. The van der Waals surface area contributed by atoms with Crippen molar-refractivity contribution in [2.75, 3.05) is 25.6 Å². The van der Waals surface area contributed by atoms with E-state index in [-0.39, 0.29) is 23.5 Å². The van der Waals surface area contributed by atoms with Crippen LogP contribution in [0.2, 0.25) is 0 Å². The molecule has 1 amide bonds. The van der Waals surface area contributed by atoms with Crippen molar-refractivity contribution in [3.05, 3.63) is 82.0 Å². The number of nitrogens with one attached hydrogen (secondary N) is 1. The highest BCUT2D eigenvalue weighted by Crippen LogP contribution is 2.33. The number of hydrogen-bond donors (Lipinski definition) is 1. The van der Waals surface area contributed by atoms with E-state index in [1.54, 1.807) is 61.7 Å². The number of carbonyl (C=O) groups is 1. The number of ether oxygens (including phenoxy) is 3. The van der Waals surface area contributed by atoms with Gasteiger partial charge >= 0.3 is 0 Å². The van der Waals surface area contributed by atoms with Crippen LogP contribution in [0.4, 0.5) is 5.69 Å². The molecule has 35 heavy (non-hydrogen) atoms.